The summed E-state index contributed by atoms with van der Waals surface area (Å²) in [5, 5.41) is 14.3. The fourth-order valence-corrected chi connectivity index (χ4v) is 6.07. The second-order valence-electron chi connectivity index (χ2n) is 8.09. The number of hydrogen-bond donors (Lipinski definition) is 1. The molecule has 1 aliphatic carbocycles. The van der Waals surface area contributed by atoms with Gasteiger partial charge in [-0.1, -0.05) is 38.5 Å². The van der Waals surface area contributed by atoms with Crippen LogP contribution in [0.25, 0.3) is 0 Å². The molecule has 1 saturated heterocycles. The van der Waals surface area contributed by atoms with Crippen LogP contribution in [-0.2, 0) is 6.42 Å². The Morgan fingerprint density at radius 2 is 2.11 bits per heavy atom. The molecule has 8 heteroatoms. The summed E-state index contributed by atoms with van der Waals surface area (Å²) in [5.74, 6) is 4.10. The van der Waals surface area contributed by atoms with Gasteiger partial charge in [0.2, 0.25) is 0 Å². The van der Waals surface area contributed by atoms with Crippen molar-refractivity contribution in [3.63, 3.8) is 0 Å². The molecule has 0 spiro atoms. The lowest BCUT2D eigenvalue weighted by Gasteiger charge is -2.36. The fraction of sp³-hybridized carbons (Fsp3) is 0.850. The van der Waals surface area contributed by atoms with Crippen molar-refractivity contribution in [2.45, 2.75) is 68.8 Å². The number of hydrogen-bond acceptors (Lipinski definition) is 5. The number of aliphatic imine (C=N–C) groups is 1. The molecule has 2 heterocycles. The first-order valence-corrected chi connectivity index (χ1v) is 13.0. The number of aromatic nitrogens is 3. The molecular formula is C20H36N6S2. The van der Waals surface area contributed by atoms with Crippen molar-refractivity contribution >= 4 is 29.5 Å². The topological polar surface area (TPSA) is 58.3 Å². The smallest absolute Gasteiger partial charge is 0.193 e. The van der Waals surface area contributed by atoms with Crippen molar-refractivity contribution in [3.8, 4) is 0 Å². The van der Waals surface area contributed by atoms with E-state index >= 15 is 0 Å². The molecule has 3 rings (SSSR count). The second kappa shape index (κ2) is 10.8. The van der Waals surface area contributed by atoms with E-state index in [1.807, 2.05) is 7.05 Å². The van der Waals surface area contributed by atoms with E-state index in [0.717, 1.165) is 49.4 Å². The number of guanidine groups is 1. The van der Waals surface area contributed by atoms with Gasteiger partial charge in [-0.15, -0.1) is 10.2 Å². The van der Waals surface area contributed by atoms with E-state index in [1.54, 1.807) is 11.8 Å². The highest BCUT2D eigenvalue weighted by Gasteiger charge is 2.25. The maximum Gasteiger partial charge on any atom is 0.193 e. The molecule has 1 aromatic heterocycles. The van der Waals surface area contributed by atoms with E-state index in [4.69, 9.17) is 0 Å². The van der Waals surface area contributed by atoms with Gasteiger partial charge in [0.1, 0.15) is 5.82 Å². The van der Waals surface area contributed by atoms with Gasteiger partial charge in [-0.2, -0.15) is 11.8 Å². The Bertz CT molecular complexity index is 639. The van der Waals surface area contributed by atoms with E-state index in [2.05, 4.69) is 61.8 Å². The van der Waals surface area contributed by atoms with Crippen LogP contribution in [0.5, 0.6) is 0 Å². The molecule has 0 radical (unpaired) electrons. The standard InChI is InChI=1S/C20H36N6S2/c1-15(2)17-14-25(12-13-28-17)19(21-3)22-11-7-10-18-23-24-20(27-4)26(18)16-8-5-6-9-16/h15-17H,5-14H2,1-4H3,(H,21,22). The number of aryl methyl sites for hydroxylation is 1. The molecule has 1 saturated carbocycles. The molecule has 0 bridgehead atoms. The Labute approximate surface area is 178 Å². The first-order valence-electron chi connectivity index (χ1n) is 10.7. The lowest BCUT2D eigenvalue weighted by molar-refractivity contribution is 0.380. The van der Waals surface area contributed by atoms with Gasteiger partial charge >= 0.3 is 0 Å². The van der Waals surface area contributed by atoms with Crippen LogP contribution >= 0.6 is 23.5 Å². The molecule has 158 valence electrons. The van der Waals surface area contributed by atoms with E-state index in [0.29, 0.717) is 17.2 Å². The SMILES string of the molecule is CN=C(NCCCc1nnc(SC)n1C1CCCC1)N1CCSC(C(C)C)C1. The zero-order valence-electron chi connectivity index (χ0n) is 17.9. The van der Waals surface area contributed by atoms with Crippen molar-refractivity contribution in [3.05, 3.63) is 5.82 Å². The Hall–Kier alpha value is -0.890. The molecule has 1 unspecified atom stereocenters. The van der Waals surface area contributed by atoms with Gasteiger partial charge in [0.05, 0.1) is 0 Å². The lowest BCUT2D eigenvalue weighted by atomic mass is 10.1. The first kappa shape index (κ1) is 21.8. The van der Waals surface area contributed by atoms with Crippen molar-refractivity contribution < 1.29 is 0 Å². The molecule has 0 aromatic carbocycles. The van der Waals surface area contributed by atoms with Crippen molar-refractivity contribution in [1.82, 2.24) is 25.0 Å². The summed E-state index contributed by atoms with van der Waals surface area (Å²) in [4.78, 5) is 6.96. The predicted molar refractivity (Wildman–Crippen MR) is 122 cm³/mol. The average Bonchev–Trinajstić information content (AvgIpc) is 3.37. The van der Waals surface area contributed by atoms with Gasteiger partial charge in [0, 0.05) is 50.1 Å². The van der Waals surface area contributed by atoms with Gasteiger partial charge in [-0.05, 0) is 31.4 Å². The lowest BCUT2D eigenvalue weighted by Crippen LogP contribution is -2.49. The van der Waals surface area contributed by atoms with Crippen molar-refractivity contribution in [2.75, 3.05) is 38.7 Å². The molecule has 1 aromatic rings. The summed E-state index contributed by atoms with van der Waals surface area (Å²) in [6.45, 7) is 7.74. The molecule has 1 atom stereocenters. The second-order valence-corrected chi connectivity index (χ2v) is 10.2. The molecular weight excluding hydrogens is 388 g/mol. The minimum absolute atomic E-state index is 0.604. The maximum atomic E-state index is 4.53. The summed E-state index contributed by atoms with van der Waals surface area (Å²) < 4.78 is 2.42. The summed E-state index contributed by atoms with van der Waals surface area (Å²) in [6, 6.07) is 0.604. The van der Waals surface area contributed by atoms with Crippen LogP contribution in [0.15, 0.2) is 10.1 Å². The largest absolute Gasteiger partial charge is 0.356 e. The Morgan fingerprint density at radius 1 is 1.32 bits per heavy atom. The summed E-state index contributed by atoms with van der Waals surface area (Å²) in [7, 11) is 1.90. The van der Waals surface area contributed by atoms with E-state index in [9.17, 15) is 0 Å². The zero-order chi connectivity index (χ0) is 19.9. The van der Waals surface area contributed by atoms with E-state index < -0.39 is 0 Å². The van der Waals surface area contributed by atoms with Crippen molar-refractivity contribution in [2.24, 2.45) is 10.9 Å². The first-order chi connectivity index (χ1) is 13.6. The maximum absolute atomic E-state index is 4.53. The van der Waals surface area contributed by atoms with Crippen LogP contribution in [-0.4, -0.2) is 69.6 Å². The van der Waals surface area contributed by atoms with Crippen LogP contribution in [0.3, 0.4) is 0 Å². The average molecular weight is 425 g/mol. The highest BCUT2D eigenvalue weighted by molar-refractivity contribution is 8.00. The third-order valence-electron chi connectivity index (χ3n) is 5.82. The fourth-order valence-electron chi connectivity index (χ4n) is 4.20. The summed E-state index contributed by atoms with van der Waals surface area (Å²) in [5.41, 5.74) is 0. The van der Waals surface area contributed by atoms with Crippen LogP contribution < -0.4 is 5.32 Å². The zero-order valence-corrected chi connectivity index (χ0v) is 19.5. The Balaban J connectivity index is 1.50. The Morgan fingerprint density at radius 3 is 2.79 bits per heavy atom. The van der Waals surface area contributed by atoms with E-state index in [1.165, 1.54) is 31.4 Å². The van der Waals surface area contributed by atoms with Crippen LogP contribution in [0, 0.1) is 5.92 Å². The molecule has 1 N–H and O–H groups in total. The van der Waals surface area contributed by atoms with Crippen LogP contribution in [0.2, 0.25) is 0 Å². The Kier molecular flexibility index (Phi) is 8.38. The summed E-state index contributed by atoms with van der Waals surface area (Å²) >= 11 is 3.82. The number of thioether (sulfide) groups is 2. The molecule has 28 heavy (non-hydrogen) atoms. The highest BCUT2D eigenvalue weighted by atomic mass is 32.2. The highest BCUT2D eigenvalue weighted by Crippen LogP contribution is 2.33. The third-order valence-corrected chi connectivity index (χ3v) is 8.00. The molecule has 2 aliphatic rings. The summed E-state index contributed by atoms with van der Waals surface area (Å²) in [6.07, 6.45) is 9.33. The monoisotopic (exact) mass is 424 g/mol. The van der Waals surface area contributed by atoms with Crippen molar-refractivity contribution in [1.29, 1.82) is 0 Å². The normalized spacial score (nSPS) is 21.7. The quantitative estimate of drug-likeness (QED) is 0.312. The van der Waals surface area contributed by atoms with Gasteiger partial charge in [0.25, 0.3) is 0 Å². The molecule has 1 aliphatic heterocycles. The van der Waals surface area contributed by atoms with Gasteiger partial charge in [-0.3, -0.25) is 4.99 Å². The van der Waals surface area contributed by atoms with Crippen LogP contribution in [0.1, 0.15) is 57.8 Å². The predicted octanol–water partition coefficient (Wildman–Crippen LogP) is 3.70. The number of nitrogens with one attached hydrogen (secondary N) is 1. The molecule has 6 nitrogen and oxygen atoms in total. The molecule has 2 fully saturated rings. The molecule has 0 amide bonds. The van der Waals surface area contributed by atoms with Gasteiger partial charge < -0.3 is 14.8 Å². The van der Waals surface area contributed by atoms with E-state index in [-0.39, 0.29) is 0 Å². The van der Waals surface area contributed by atoms with Gasteiger partial charge in [0.15, 0.2) is 11.1 Å². The minimum atomic E-state index is 0.604. The minimum Gasteiger partial charge on any atom is -0.356 e. The number of nitrogens with zero attached hydrogens (tertiary/aromatic N) is 5. The van der Waals surface area contributed by atoms with Gasteiger partial charge in [-0.25, -0.2) is 0 Å². The van der Waals surface area contributed by atoms with Crippen LogP contribution in [0.4, 0.5) is 0 Å². The number of rotatable bonds is 7. The third kappa shape index (κ3) is 5.38.